The van der Waals surface area contributed by atoms with Gasteiger partial charge >= 0.3 is 0 Å². The van der Waals surface area contributed by atoms with Crippen molar-refractivity contribution >= 4 is 43.7 Å². The van der Waals surface area contributed by atoms with Gasteiger partial charge in [-0.2, -0.15) is 4.31 Å². The van der Waals surface area contributed by atoms with E-state index in [2.05, 4.69) is 10.3 Å². The lowest BCUT2D eigenvalue weighted by molar-refractivity contribution is -0.120. The Bertz CT molecular complexity index is 1210. The summed E-state index contributed by atoms with van der Waals surface area (Å²) in [4.78, 5) is 18.8. The molecule has 1 aliphatic heterocycles. The van der Waals surface area contributed by atoms with Gasteiger partial charge in [-0.25, -0.2) is 13.4 Å². The minimum atomic E-state index is -3.61. The van der Waals surface area contributed by atoms with Gasteiger partial charge in [0.1, 0.15) is 0 Å². The van der Waals surface area contributed by atoms with Crippen LogP contribution in [0.1, 0.15) is 35.1 Å². The maximum atomic E-state index is 13.4. The largest absolute Gasteiger partial charge is 0.302 e. The normalized spacial score (nSPS) is 15.8. The van der Waals surface area contributed by atoms with E-state index in [1.54, 1.807) is 11.3 Å². The van der Waals surface area contributed by atoms with E-state index in [4.69, 9.17) is 0 Å². The number of aromatic nitrogens is 1. The average molecular weight is 490 g/mol. The van der Waals surface area contributed by atoms with Crippen LogP contribution in [0.3, 0.4) is 0 Å². The molecule has 3 aromatic rings. The van der Waals surface area contributed by atoms with Gasteiger partial charge in [0, 0.05) is 24.4 Å². The third-order valence-corrected chi connectivity index (χ3v) is 10.1. The van der Waals surface area contributed by atoms with Crippen molar-refractivity contribution in [3.63, 3.8) is 0 Å². The van der Waals surface area contributed by atoms with E-state index in [0.717, 1.165) is 32.8 Å². The Morgan fingerprint density at radius 1 is 1.09 bits per heavy atom. The van der Waals surface area contributed by atoms with Crippen molar-refractivity contribution < 1.29 is 13.2 Å². The molecule has 0 bridgehead atoms. The molecular weight excluding hydrogens is 462 g/mol. The first kappa shape index (κ1) is 23.1. The zero-order valence-electron chi connectivity index (χ0n) is 18.6. The molecule has 0 aliphatic carbocycles. The highest BCUT2D eigenvalue weighted by atomic mass is 32.2. The molecule has 1 aliphatic rings. The first-order chi connectivity index (χ1) is 15.2. The Hall–Kier alpha value is -2.07. The molecule has 9 heteroatoms. The van der Waals surface area contributed by atoms with Crippen LogP contribution in [0.5, 0.6) is 0 Å². The molecule has 2 aromatic heterocycles. The lowest BCUT2D eigenvalue weighted by Crippen LogP contribution is -2.41. The first-order valence-electron chi connectivity index (χ1n) is 10.6. The Labute approximate surface area is 197 Å². The number of anilines is 1. The molecule has 1 N–H and O–H groups in total. The summed E-state index contributed by atoms with van der Waals surface area (Å²) in [5, 5.41) is 7.43. The van der Waals surface area contributed by atoms with Crippen molar-refractivity contribution in [2.24, 2.45) is 5.92 Å². The number of benzene rings is 1. The molecule has 4 rings (SSSR count). The zero-order valence-corrected chi connectivity index (χ0v) is 21.1. The van der Waals surface area contributed by atoms with Crippen LogP contribution in [0.4, 0.5) is 5.13 Å². The standard InChI is InChI=1S/C23H27N3O3S3/c1-14-12-15(2)17(4)21(16(14)3)32(28,29)26-9-7-18(8-10-26)22(27)25-23-24-19(13-31-23)20-6-5-11-30-20/h5-6,11-13,18H,7-10H2,1-4H3,(H,24,25,27). The number of aryl methyl sites for hydroxylation is 2. The summed E-state index contributed by atoms with van der Waals surface area (Å²) in [6.07, 6.45) is 0.994. The quantitative estimate of drug-likeness (QED) is 0.538. The molecular formula is C23H27N3O3S3. The number of hydrogen-bond acceptors (Lipinski definition) is 6. The van der Waals surface area contributed by atoms with Gasteiger partial charge in [-0.05, 0) is 74.2 Å². The maximum absolute atomic E-state index is 13.4. The Morgan fingerprint density at radius 3 is 2.34 bits per heavy atom. The summed E-state index contributed by atoms with van der Waals surface area (Å²) in [6.45, 7) is 8.30. The van der Waals surface area contributed by atoms with Crippen molar-refractivity contribution in [2.75, 3.05) is 18.4 Å². The number of sulfonamides is 1. The molecule has 0 radical (unpaired) electrons. The van der Waals surface area contributed by atoms with Gasteiger partial charge in [0.2, 0.25) is 15.9 Å². The van der Waals surface area contributed by atoms with E-state index < -0.39 is 10.0 Å². The van der Waals surface area contributed by atoms with Crippen LogP contribution in [0.15, 0.2) is 33.9 Å². The lowest BCUT2D eigenvalue weighted by Gasteiger charge is -2.31. The fourth-order valence-corrected chi connectivity index (χ4v) is 7.65. The summed E-state index contributed by atoms with van der Waals surface area (Å²) in [6, 6.07) is 6.00. The van der Waals surface area contributed by atoms with E-state index in [9.17, 15) is 13.2 Å². The van der Waals surface area contributed by atoms with Gasteiger partial charge in [-0.1, -0.05) is 12.1 Å². The van der Waals surface area contributed by atoms with Gasteiger partial charge in [-0.15, -0.1) is 22.7 Å². The summed E-state index contributed by atoms with van der Waals surface area (Å²) >= 11 is 3.01. The molecule has 0 spiro atoms. The number of thiophene rings is 1. The summed E-state index contributed by atoms with van der Waals surface area (Å²) < 4.78 is 28.4. The molecule has 3 heterocycles. The van der Waals surface area contributed by atoms with E-state index >= 15 is 0 Å². The molecule has 0 atom stereocenters. The zero-order chi connectivity index (χ0) is 23.0. The number of nitrogens with one attached hydrogen (secondary N) is 1. The van der Waals surface area contributed by atoms with Gasteiger partial charge in [-0.3, -0.25) is 4.79 Å². The van der Waals surface area contributed by atoms with E-state index in [0.29, 0.717) is 36.0 Å². The second-order valence-corrected chi connectivity index (χ2v) is 12.0. The minimum Gasteiger partial charge on any atom is -0.302 e. The molecule has 1 aromatic carbocycles. The van der Waals surface area contributed by atoms with Crippen LogP contribution in [0.25, 0.3) is 10.6 Å². The number of hydrogen-bond donors (Lipinski definition) is 1. The monoisotopic (exact) mass is 489 g/mol. The van der Waals surface area contributed by atoms with Gasteiger partial charge in [0.05, 0.1) is 15.5 Å². The Kier molecular flexibility index (Phi) is 6.53. The fraction of sp³-hybridized carbons (Fsp3) is 0.391. The molecule has 170 valence electrons. The highest BCUT2D eigenvalue weighted by Crippen LogP contribution is 2.32. The molecule has 1 fully saturated rings. The van der Waals surface area contributed by atoms with E-state index in [-0.39, 0.29) is 11.8 Å². The van der Waals surface area contributed by atoms with Gasteiger partial charge in [0.15, 0.2) is 5.13 Å². The first-order valence-corrected chi connectivity index (χ1v) is 13.8. The van der Waals surface area contributed by atoms with Gasteiger partial charge < -0.3 is 5.32 Å². The van der Waals surface area contributed by atoms with Crippen molar-refractivity contribution in [1.29, 1.82) is 0 Å². The molecule has 32 heavy (non-hydrogen) atoms. The molecule has 0 saturated carbocycles. The van der Waals surface area contributed by atoms with Crippen LogP contribution >= 0.6 is 22.7 Å². The number of carbonyl (C=O) groups is 1. The Morgan fingerprint density at radius 2 is 1.75 bits per heavy atom. The number of amides is 1. The van der Waals surface area contributed by atoms with Crippen molar-refractivity contribution in [1.82, 2.24) is 9.29 Å². The third-order valence-electron chi connectivity index (χ3n) is 6.23. The van der Waals surface area contributed by atoms with Crippen molar-refractivity contribution in [3.05, 3.63) is 51.2 Å². The number of carbonyl (C=O) groups excluding carboxylic acids is 1. The van der Waals surface area contributed by atoms with E-state index in [1.165, 1.54) is 15.6 Å². The highest BCUT2D eigenvalue weighted by Gasteiger charge is 2.34. The predicted octanol–water partition coefficient (Wildman–Crippen LogP) is 5.14. The smallest absolute Gasteiger partial charge is 0.243 e. The van der Waals surface area contributed by atoms with Crippen molar-refractivity contribution in [2.45, 2.75) is 45.4 Å². The summed E-state index contributed by atoms with van der Waals surface area (Å²) in [7, 11) is -3.61. The predicted molar refractivity (Wildman–Crippen MR) is 131 cm³/mol. The lowest BCUT2D eigenvalue weighted by atomic mass is 9.97. The molecule has 1 saturated heterocycles. The van der Waals surface area contributed by atoms with Gasteiger partial charge in [0.25, 0.3) is 0 Å². The second kappa shape index (κ2) is 9.05. The fourth-order valence-electron chi connectivity index (χ4n) is 4.13. The number of nitrogens with zero attached hydrogens (tertiary/aromatic N) is 2. The van der Waals surface area contributed by atoms with Crippen LogP contribution in [-0.2, 0) is 14.8 Å². The van der Waals surface area contributed by atoms with Crippen LogP contribution in [0, 0.1) is 33.6 Å². The second-order valence-electron chi connectivity index (χ2n) is 8.27. The van der Waals surface area contributed by atoms with Crippen molar-refractivity contribution in [3.8, 4) is 10.6 Å². The minimum absolute atomic E-state index is 0.0899. The molecule has 1 amide bonds. The number of rotatable bonds is 5. The topological polar surface area (TPSA) is 79.4 Å². The number of piperidine rings is 1. The number of thiazole rings is 1. The van der Waals surface area contributed by atoms with Crippen LogP contribution in [-0.4, -0.2) is 36.7 Å². The molecule has 0 unspecified atom stereocenters. The highest BCUT2D eigenvalue weighted by molar-refractivity contribution is 7.89. The maximum Gasteiger partial charge on any atom is 0.243 e. The Balaban J connectivity index is 1.42. The summed E-state index contributed by atoms with van der Waals surface area (Å²) in [5.41, 5.74) is 4.43. The summed E-state index contributed by atoms with van der Waals surface area (Å²) in [5.74, 6) is -0.315. The van der Waals surface area contributed by atoms with Crippen LogP contribution < -0.4 is 5.32 Å². The third kappa shape index (κ3) is 4.39. The van der Waals surface area contributed by atoms with E-state index in [1.807, 2.05) is 56.7 Å². The average Bonchev–Trinajstić information content (AvgIpc) is 3.44. The molecule has 6 nitrogen and oxygen atoms in total. The van der Waals surface area contributed by atoms with Crippen LogP contribution in [0.2, 0.25) is 0 Å². The SMILES string of the molecule is Cc1cc(C)c(C)c(S(=O)(=O)N2CCC(C(=O)Nc3nc(-c4cccs4)cs3)CC2)c1C.